The maximum absolute atomic E-state index is 12.1. The van der Waals surface area contributed by atoms with Gasteiger partial charge in [-0.2, -0.15) is 5.10 Å². The maximum atomic E-state index is 12.1. The number of hydrazone groups is 1. The lowest BCUT2D eigenvalue weighted by Crippen LogP contribution is -2.23. The van der Waals surface area contributed by atoms with Crippen molar-refractivity contribution in [3.05, 3.63) is 64.4 Å². The van der Waals surface area contributed by atoms with Crippen LogP contribution in [-0.4, -0.2) is 21.7 Å². The number of hydrogen-bond acceptors (Lipinski definition) is 3. The minimum Gasteiger partial charge on any atom is -0.319 e. The topological polar surface area (TPSA) is 59.3 Å². The molecule has 0 saturated carbocycles. The SMILES string of the molecule is Cc1nc2ccccc2n1CC(=O)N/N=C/c1ccc(Br)cc1. The van der Waals surface area contributed by atoms with Crippen molar-refractivity contribution >= 4 is 39.1 Å². The average molecular weight is 371 g/mol. The zero-order chi connectivity index (χ0) is 16.2. The van der Waals surface area contributed by atoms with E-state index in [1.54, 1.807) is 6.21 Å². The number of fused-ring (bicyclic) bond motifs is 1. The summed E-state index contributed by atoms with van der Waals surface area (Å²) in [5.41, 5.74) is 5.29. The van der Waals surface area contributed by atoms with E-state index in [9.17, 15) is 4.79 Å². The summed E-state index contributed by atoms with van der Waals surface area (Å²) < 4.78 is 2.88. The molecule has 23 heavy (non-hydrogen) atoms. The summed E-state index contributed by atoms with van der Waals surface area (Å²) in [4.78, 5) is 16.5. The molecule has 0 spiro atoms. The predicted molar refractivity (Wildman–Crippen MR) is 94.3 cm³/mol. The number of nitrogens with one attached hydrogen (secondary N) is 1. The Bertz CT molecular complexity index is 868. The Balaban J connectivity index is 1.67. The van der Waals surface area contributed by atoms with Crippen molar-refractivity contribution < 1.29 is 4.79 Å². The van der Waals surface area contributed by atoms with Gasteiger partial charge in [-0.05, 0) is 36.8 Å². The normalized spacial score (nSPS) is 11.2. The van der Waals surface area contributed by atoms with Crippen LogP contribution in [0.3, 0.4) is 0 Å². The lowest BCUT2D eigenvalue weighted by Gasteiger charge is -2.05. The molecule has 6 heteroatoms. The van der Waals surface area contributed by atoms with Crippen LogP contribution in [0.5, 0.6) is 0 Å². The molecule has 0 saturated heterocycles. The van der Waals surface area contributed by atoms with Crippen LogP contribution in [0.15, 0.2) is 58.1 Å². The third-order valence-corrected chi connectivity index (χ3v) is 3.95. The van der Waals surface area contributed by atoms with Crippen molar-refractivity contribution in [2.24, 2.45) is 5.10 Å². The quantitative estimate of drug-likeness (QED) is 0.565. The van der Waals surface area contributed by atoms with Gasteiger partial charge in [-0.1, -0.05) is 40.2 Å². The monoisotopic (exact) mass is 370 g/mol. The number of para-hydroxylation sites is 2. The molecule has 1 N–H and O–H groups in total. The minimum absolute atomic E-state index is 0.185. The molecule has 5 nitrogen and oxygen atoms in total. The number of nitrogens with zero attached hydrogens (tertiary/aromatic N) is 3. The number of aromatic nitrogens is 2. The highest BCUT2D eigenvalue weighted by atomic mass is 79.9. The molecule has 0 fully saturated rings. The molecule has 0 aliphatic rings. The van der Waals surface area contributed by atoms with Crippen molar-refractivity contribution in [2.45, 2.75) is 13.5 Å². The van der Waals surface area contributed by atoms with Crippen molar-refractivity contribution in [2.75, 3.05) is 0 Å². The molecule has 0 radical (unpaired) electrons. The fraction of sp³-hybridized carbons (Fsp3) is 0.118. The van der Waals surface area contributed by atoms with E-state index in [4.69, 9.17) is 0 Å². The fourth-order valence-corrected chi connectivity index (χ4v) is 2.57. The zero-order valence-corrected chi connectivity index (χ0v) is 14.1. The highest BCUT2D eigenvalue weighted by Gasteiger charge is 2.09. The van der Waals surface area contributed by atoms with Crippen molar-refractivity contribution in [1.82, 2.24) is 15.0 Å². The van der Waals surface area contributed by atoms with Crippen LogP contribution in [0.1, 0.15) is 11.4 Å². The van der Waals surface area contributed by atoms with Crippen LogP contribution >= 0.6 is 15.9 Å². The Labute approximate surface area is 142 Å². The van der Waals surface area contributed by atoms with Gasteiger partial charge in [-0.15, -0.1) is 0 Å². The van der Waals surface area contributed by atoms with Gasteiger partial charge in [0.25, 0.3) is 5.91 Å². The zero-order valence-electron chi connectivity index (χ0n) is 12.5. The van der Waals surface area contributed by atoms with Crippen LogP contribution in [0.4, 0.5) is 0 Å². The molecule has 1 amide bonds. The molecular formula is C17H15BrN4O. The second-order valence-corrected chi connectivity index (χ2v) is 5.99. The van der Waals surface area contributed by atoms with Gasteiger partial charge >= 0.3 is 0 Å². The fourth-order valence-electron chi connectivity index (χ4n) is 2.30. The number of benzene rings is 2. The minimum atomic E-state index is -0.190. The van der Waals surface area contributed by atoms with E-state index >= 15 is 0 Å². The average Bonchev–Trinajstić information content (AvgIpc) is 2.85. The number of aryl methyl sites for hydroxylation is 1. The predicted octanol–water partition coefficient (Wildman–Crippen LogP) is 3.26. The number of amides is 1. The van der Waals surface area contributed by atoms with E-state index in [1.807, 2.05) is 60.0 Å². The Morgan fingerprint density at radius 1 is 1.26 bits per heavy atom. The molecule has 1 heterocycles. The number of carbonyl (C=O) groups excluding carboxylic acids is 1. The number of rotatable bonds is 4. The van der Waals surface area contributed by atoms with Crippen LogP contribution in [0.25, 0.3) is 11.0 Å². The summed E-state index contributed by atoms with van der Waals surface area (Å²) >= 11 is 3.37. The highest BCUT2D eigenvalue weighted by molar-refractivity contribution is 9.10. The molecule has 0 aliphatic heterocycles. The van der Waals surface area contributed by atoms with E-state index < -0.39 is 0 Å². The van der Waals surface area contributed by atoms with E-state index in [2.05, 4.69) is 31.4 Å². The van der Waals surface area contributed by atoms with Gasteiger partial charge in [0.05, 0.1) is 17.2 Å². The second kappa shape index (κ2) is 6.75. The second-order valence-electron chi connectivity index (χ2n) is 5.08. The summed E-state index contributed by atoms with van der Waals surface area (Å²) in [5, 5.41) is 3.99. The molecule has 116 valence electrons. The highest BCUT2D eigenvalue weighted by Crippen LogP contribution is 2.15. The Morgan fingerprint density at radius 2 is 2.00 bits per heavy atom. The van der Waals surface area contributed by atoms with Gasteiger partial charge in [-0.25, -0.2) is 10.4 Å². The smallest absolute Gasteiger partial charge is 0.260 e. The summed E-state index contributed by atoms with van der Waals surface area (Å²) in [6, 6.07) is 15.4. The first-order valence-electron chi connectivity index (χ1n) is 7.13. The summed E-state index contributed by atoms with van der Waals surface area (Å²) in [7, 11) is 0. The molecule has 0 atom stereocenters. The largest absolute Gasteiger partial charge is 0.319 e. The molecule has 0 bridgehead atoms. The van der Waals surface area contributed by atoms with Crippen LogP contribution in [-0.2, 0) is 11.3 Å². The lowest BCUT2D eigenvalue weighted by atomic mass is 10.2. The van der Waals surface area contributed by atoms with E-state index in [0.717, 1.165) is 26.9 Å². The summed E-state index contributed by atoms with van der Waals surface area (Å²) in [5.74, 6) is 0.614. The van der Waals surface area contributed by atoms with Gasteiger partial charge in [-0.3, -0.25) is 4.79 Å². The van der Waals surface area contributed by atoms with Crippen molar-refractivity contribution in [1.29, 1.82) is 0 Å². The van der Waals surface area contributed by atoms with Gasteiger partial charge in [0.15, 0.2) is 0 Å². The van der Waals surface area contributed by atoms with Gasteiger partial charge in [0.2, 0.25) is 0 Å². The molecule has 0 aliphatic carbocycles. The Morgan fingerprint density at radius 3 is 2.78 bits per heavy atom. The first-order chi connectivity index (χ1) is 11.1. The van der Waals surface area contributed by atoms with Gasteiger partial charge in [0, 0.05) is 4.47 Å². The standard InChI is InChI=1S/C17H15BrN4O/c1-12-20-15-4-2-3-5-16(15)22(12)11-17(23)21-19-10-13-6-8-14(18)9-7-13/h2-10H,11H2,1H3,(H,21,23)/b19-10+. The molecule has 3 aromatic rings. The third kappa shape index (κ3) is 3.65. The van der Waals surface area contributed by atoms with Crippen LogP contribution in [0, 0.1) is 6.92 Å². The van der Waals surface area contributed by atoms with Crippen LogP contribution in [0.2, 0.25) is 0 Å². The molecule has 1 aromatic heterocycles. The first-order valence-corrected chi connectivity index (χ1v) is 7.92. The van der Waals surface area contributed by atoms with E-state index in [-0.39, 0.29) is 12.5 Å². The van der Waals surface area contributed by atoms with Crippen molar-refractivity contribution in [3.63, 3.8) is 0 Å². The van der Waals surface area contributed by atoms with Gasteiger partial charge in [0.1, 0.15) is 12.4 Å². The molecule has 2 aromatic carbocycles. The molecular weight excluding hydrogens is 356 g/mol. The number of carbonyl (C=O) groups is 1. The Kier molecular flexibility index (Phi) is 4.52. The molecule has 0 unspecified atom stereocenters. The van der Waals surface area contributed by atoms with E-state index in [0.29, 0.717) is 0 Å². The molecule has 3 rings (SSSR count). The van der Waals surface area contributed by atoms with Crippen molar-refractivity contribution in [3.8, 4) is 0 Å². The lowest BCUT2D eigenvalue weighted by molar-refractivity contribution is -0.121. The number of imidazole rings is 1. The van der Waals surface area contributed by atoms with E-state index in [1.165, 1.54) is 0 Å². The Hall–Kier alpha value is -2.47. The number of halogens is 1. The third-order valence-electron chi connectivity index (χ3n) is 3.42. The summed E-state index contributed by atoms with van der Waals surface area (Å²) in [6.45, 7) is 2.07. The number of hydrogen-bond donors (Lipinski definition) is 1. The first kappa shape index (κ1) is 15.4. The van der Waals surface area contributed by atoms with Gasteiger partial charge < -0.3 is 4.57 Å². The van der Waals surface area contributed by atoms with Crippen LogP contribution < -0.4 is 5.43 Å². The maximum Gasteiger partial charge on any atom is 0.260 e. The summed E-state index contributed by atoms with van der Waals surface area (Å²) in [6.07, 6.45) is 1.61.